The third kappa shape index (κ3) is 3.92. The van der Waals surface area contributed by atoms with Crippen LogP contribution in [0.2, 0.25) is 0 Å². The molecule has 1 heterocycles. The first-order chi connectivity index (χ1) is 9.45. The highest BCUT2D eigenvalue weighted by molar-refractivity contribution is 7.13. The monoisotopic (exact) mass is 303 g/mol. The van der Waals surface area contributed by atoms with Crippen LogP contribution in [0.5, 0.6) is 5.19 Å². The van der Waals surface area contributed by atoms with Gasteiger partial charge in [-0.05, 0) is 12.1 Å². The number of ether oxygens (including phenoxy) is 1. The van der Waals surface area contributed by atoms with E-state index in [1.165, 1.54) is 0 Å². The molecule has 106 valence electrons. The van der Waals surface area contributed by atoms with Crippen molar-refractivity contribution >= 4 is 22.9 Å². The van der Waals surface area contributed by atoms with Gasteiger partial charge in [-0.3, -0.25) is 4.79 Å². The minimum absolute atomic E-state index is 0.239. The topological polar surface area (TPSA) is 64.1 Å². The average molecular weight is 303 g/mol. The molecular formula is C11H8F3N3O2S. The Hall–Kier alpha value is -2.16. The zero-order chi connectivity index (χ0) is 14.6. The molecule has 1 aromatic carbocycles. The highest BCUT2D eigenvalue weighted by atomic mass is 32.1. The highest BCUT2D eigenvalue weighted by Gasteiger charge is 2.36. The summed E-state index contributed by atoms with van der Waals surface area (Å²) in [5.74, 6) is -0.500. The summed E-state index contributed by atoms with van der Waals surface area (Å²) in [6.07, 6.45) is -4.56. The number of para-hydroxylation sites is 1. The molecule has 2 rings (SSSR count). The minimum Gasteiger partial charge on any atom is -0.459 e. The first kappa shape index (κ1) is 14.3. The number of nitrogens with one attached hydrogen (secondary N) is 1. The van der Waals surface area contributed by atoms with Crippen LogP contribution in [0.3, 0.4) is 0 Å². The Morgan fingerprint density at radius 2 is 1.95 bits per heavy atom. The molecule has 0 unspecified atom stereocenters. The van der Waals surface area contributed by atoms with E-state index in [2.05, 4.69) is 15.5 Å². The summed E-state index contributed by atoms with van der Waals surface area (Å²) in [6, 6.07) is 8.59. The van der Waals surface area contributed by atoms with Crippen LogP contribution in [-0.2, 0) is 11.0 Å². The number of hydrogen-bond acceptors (Lipinski definition) is 5. The molecule has 0 saturated heterocycles. The van der Waals surface area contributed by atoms with Gasteiger partial charge in [0.1, 0.15) is 0 Å². The molecule has 1 aromatic heterocycles. The maximum Gasteiger partial charge on any atom is 0.445 e. The van der Waals surface area contributed by atoms with Crippen molar-refractivity contribution in [3.63, 3.8) is 0 Å². The number of rotatable bonds is 4. The summed E-state index contributed by atoms with van der Waals surface area (Å²) >= 11 is 0.239. The van der Waals surface area contributed by atoms with E-state index in [0.29, 0.717) is 5.69 Å². The number of carbonyl (C=O) groups is 1. The van der Waals surface area contributed by atoms with E-state index in [-0.39, 0.29) is 16.5 Å². The Labute approximate surface area is 115 Å². The Bertz CT molecular complexity index is 586. The van der Waals surface area contributed by atoms with E-state index in [4.69, 9.17) is 4.74 Å². The molecule has 1 N–H and O–H groups in total. The maximum absolute atomic E-state index is 12.3. The van der Waals surface area contributed by atoms with Crippen LogP contribution in [0.4, 0.5) is 18.9 Å². The van der Waals surface area contributed by atoms with Gasteiger partial charge < -0.3 is 10.1 Å². The summed E-state index contributed by atoms with van der Waals surface area (Å²) < 4.78 is 41.6. The molecule has 0 radical (unpaired) electrons. The number of aromatic nitrogens is 2. The number of amides is 1. The van der Waals surface area contributed by atoms with Gasteiger partial charge in [-0.15, -0.1) is 5.10 Å². The number of benzene rings is 1. The molecule has 0 atom stereocenters. The van der Waals surface area contributed by atoms with Gasteiger partial charge in [0.05, 0.1) is 0 Å². The molecule has 0 aliphatic rings. The van der Waals surface area contributed by atoms with Gasteiger partial charge in [-0.2, -0.15) is 13.2 Å². The van der Waals surface area contributed by atoms with Crippen LogP contribution in [0.15, 0.2) is 30.3 Å². The zero-order valence-electron chi connectivity index (χ0n) is 9.85. The number of hydrogen-bond donors (Lipinski definition) is 1. The molecule has 0 saturated carbocycles. The summed E-state index contributed by atoms with van der Waals surface area (Å²) in [7, 11) is 0. The van der Waals surface area contributed by atoms with E-state index in [9.17, 15) is 18.0 Å². The number of halogens is 3. The Kier molecular flexibility index (Phi) is 4.18. The number of alkyl halides is 3. The van der Waals surface area contributed by atoms with E-state index >= 15 is 0 Å². The predicted molar refractivity (Wildman–Crippen MR) is 65.5 cm³/mol. The van der Waals surface area contributed by atoms with Crippen molar-refractivity contribution in [2.24, 2.45) is 0 Å². The lowest BCUT2D eigenvalue weighted by Crippen LogP contribution is -2.20. The molecule has 0 aliphatic carbocycles. The highest BCUT2D eigenvalue weighted by Crippen LogP contribution is 2.33. The van der Waals surface area contributed by atoms with Crippen molar-refractivity contribution in [2.75, 3.05) is 11.9 Å². The van der Waals surface area contributed by atoms with Crippen LogP contribution < -0.4 is 10.1 Å². The van der Waals surface area contributed by atoms with Gasteiger partial charge in [0.25, 0.3) is 11.1 Å². The van der Waals surface area contributed by atoms with Crippen molar-refractivity contribution in [2.45, 2.75) is 6.18 Å². The number of anilines is 1. The van der Waals surface area contributed by atoms with Crippen LogP contribution in [0, 0.1) is 0 Å². The van der Waals surface area contributed by atoms with Crippen LogP contribution in [0.25, 0.3) is 0 Å². The number of nitrogens with zero attached hydrogens (tertiary/aromatic N) is 2. The predicted octanol–water partition coefficient (Wildman–Crippen LogP) is 2.57. The van der Waals surface area contributed by atoms with E-state index in [1.54, 1.807) is 30.3 Å². The van der Waals surface area contributed by atoms with Gasteiger partial charge in [0, 0.05) is 5.69 Å². The fourth-order valence-electron chi connectivity index (χ4n) is 1.23. The molecule has 2 aromatic rings. The van der Waals surface area contributed by atoms with Gasteiger partial charge in [0.2, 0.25) is 5.01 Å². The quantitative estimate of drug-likeness (QED) is 0.943. The second-order valence-corrected chi connectivity index (χ2v) is 4.51. The Morgan fingerprint density at radius 3 is 2.55 bits per heavy atom. The molecular weight excluding hydrogens is 295 g/mol. The number of carbonyl (C=O) groups excluding carboxylic acids is 1. The van der Waals surface area contributed by atoms with E-state index in [1.807, 2.05) is 0 Å². The third-order valence-electron chi connectivity index (χ3n) is 2.03. The molecule has 0 bridgehead atoms. The normalized spacial score (nSPS) is 11.2. The molecule has 1 amide bonds. The van der Waals surface area contributed by atoms with Crippen molar-refractivity contribution < 1.29 is 22.7 Å². The van der Waals surface area contributed by atoms with Gasteiger partial charge in [-0.25, -0.2) is 0 Å². The molecule has 9 heteroatoms. The Morgan fingerprint density at radius 1 is 1.25 bits per heavy atom. The summed E-state index contributed by atoms with van der Waals surface area (Å²) in [5.41, 5.74) is 0.564. The SMILES string of the molecule is O=C(COc1nnc(C(F)(F)F)s1)Nc1ccccc1. The van der Waals surface area contributed by atoms with Gasteiger partial charge in [-0.1, -0.05) is 34.6 Å². The second-order valence-electron chi connectivity index (χ2n) is 3.57. The molecule has 5 nitrogen and oxygen atoms in total. The zero-order valence-corrected chi connectivity index (χ0v) is 10.7. The molecule has 0 aliphatic heterocycles. The lowest BCUT2D eigenvalue weighted by molar-refractivity contribution is -0.138. The smallest absolute Gasteiger partial charge is 0.445 e. The molecule has 0 spiro atoms. The lowest BCUT2D eigenvalue weighted by Gasteiger charge is -2.04. The first-order valence-electron chi connectivity index (χ1n) is 5.33. The Balaban J connectivity index is 1.86. The maximum atomic E-state index is 12.3. The van der Waals surface area contributed by atoms with Gasteiger partial charge >= 0.3 is 6.18 Å². The average Bonchev–Trinajstić information content (AvgIpc) is 2.86. The van der Waals surface area contributed by atoms with Crippen LogP contribution in [-0.4, -0.2) is 22.7 Å². The standard InChI is InChI=1S/C11H8F3N3O2S/c12-11(13,14)9-16-17-10(20-9)19-6-8(18)15-7-4-2-1-3-5-7/h1-5H,6H2,(H,15,18). The summed E-state index contributed by atoms with van der Waals surface area (Å²) in [6.45, 7) is -0.443. The van der Waals surface area contributed by atoms with Crippen LogP contribution in [0.1, 0.15) is 5.01 Å². The third-order valence-corrected chi connectivity index (χ3v) is 2.91. The van der Waals surface area contributed by atoms with Gasteiger partial charge in [0.15, 0.2) is 6.61 Å². The molecule has 0 fully saturated rings. The largest absolute Gasteiger partial charge is 0.459 e. The second kappa shape index (κ2) is 5.87. The first-order valence-corrected chi connectivity index (χ1v) is 6.15. The molecule has 20 heavy (non-hydrogen) atoms. The van der Waals surface area contributed by atoms with Crippen molar-refractivity contribution in [3.8, 4) is 5.19 Å². The lowest BCUT2D eigenvalue weighted by atomic mass is 10.3. The van der Waals surface area contributed by atoms with E-state index in [0.717, 1.165) is 0 Å². The van der Waals surface area contributed by atoms with Crippen LogP contribution >= 0.6 is 11.3 Å². The van der Waals surface area contributed by atoms with E-state index < -0.39 is 23.7 Å². The summed E-state index contributed by atoms with van der Waals surface area (Å²) in [5, 5.41) is 7.24. The van der Waals surface area contributed by atoms with Crippen molar-refractivity contribution in [1.29, 1.82) is 0 Å². The summed E-state index contributed by atoms with van der Waals surface area (Å²) in [4.78, 5) is 11.5. The van der Waals surface area contributed by atoms with Crippen molar-refractivity contribution in [1.82, 2.24) is 10.2 Å². The minimum atomic E-state index is -4.56. The fraction of sp³-hybridized carbons (Fsp3) is 0.182. The fourth-order valence-corrected chi connectivity index (χ4v) is 1.79. The van der Waals surface area contributed by atoms with Crippen molar-refractivity contribution in [3.05, 3.63) is 35.3 Å².